The third-order valence-corrected chi connectivity index (χ3v) is 16.6. The van der Waals surface area contributed by atoms with Crippen LogP contribution in [0.4, 0.5) is 14.6 Å². The van der Waals surface area contributed by atoms with E-state index in [4.69, 9.17) is 14.7 Å². The van der Waals surface area contributed by atoms with Crippen LogP contribution in [-0.2, 0) is 23.1 Å². The zero-order chi connectivity index (χ0) is 49.3. The molecule has 5 aliphatic heterocycles. The molecule has 374 valence electrons. The average molecular weight is 972 g/mol. The fraction of sp³-hybridized carbons (Fsp3) is 0.519. The van der Waals surface area contributed by atoms with Gasteiger partial charge in [0, 0.05) is 44.4 Å². The summed E-state index contributed by atoms with van der Waals surface area (Å²) in [5.41, 5.74) is 1.92. The largest absolute Gasteiger partial charge is 0.508 e. The molecule has 6 aromatic rings. The number of nitrogens with zero attached hydrogens (tertiary/aromatic N) is 8. The Morgan fingerprint density at radius 3 is 2.54 bits per heavy atom. The number of phenolic OH excluding ortho intramolecular Hbond substituents is 1. The number of carbonyl (C=O) groups excluding carboxylic acids is 2. The number of rotatable bonds is 12. The van der Waals surface area contributed by atoms with Gasteiger partial charge in [-0.25, -0.2) is 13.6 Å². The highest BCUT2D eigenvalue weighted by Crippen LogP contribution is 2.45. The minimum absolute atomic E-state index is 0.00927. The molecule has 3 aromatic carbocycles. The average Bonchev–Trinajstić information content (AvgIpc) is 4.00. The maximum absolute atomic E-state index is 17.2. The Morgan fingerprint density at radius 2 is 1.75 bits per heavy atom. The van der Waals surface area contributed by atoms with Gasteiger partial charge in [0.25, 0.3) is 0 Å². The summed E-state index contributed by atoms with van der Waals surface area (Å²) in [7, 11) is 1.74. The summed E-state index contributed by atoms with van der Waals surface area (Å²) in [5.74, 6) is -1.15. The van der Waals surface area contributed by atoms with E-state index in [2.05, 4.69) is 32.2 Å². The van der Waals surface area contributed by atoms with Crippen molar-refractivity contribution in [3.8, 4) is 23.0 Å². The van der Waals surface area contributed by atoms with Crippen molar-refractivity contribution in [1.29, 1.82) is 0 Å². The molecule has 5 saturated heterocycles. The Kier molecular flexibility index (Phi) is 12.3. The molecule has 4 atom stereocenters. The van der Waals surface area contributed by atoms with Crippen molar-refractivity contribution < 1.29 is 33.3 Å². The van der Waals surface area contributed by atoms with E-state index in [-0.39, 0.29) is 52.1 Å². The van der Waals surface area contributed by atoms with E-state index in [1.807, 2.05) is 17.9 Å². The second-order valence-electron chi connectivity index (χ2n) is 21.2. The van der Waals surface area contributed by atoms with Gasteiger partial charge in [0.15, 0.2) is 5.82 Å². The predicted octanol–water partition coefficient (Wildman–Crippen LogP) is 7.41. The summed E-state index contributed by atoms with van der Waals surface area (Å²) in [6.45, 7) is 8.88. The number of hydrogen-bond donors (Lipinski definition) is 3. The topological polar surface area (TPSA) is 171 Å². The number of fused-ring (bicyclic) bond motifs is 4. The molecule has 15 nitrogen and oxygen atoms in total. The number of halogens is 2. The van der Waals surface area contributed by atoms with Crippen molar-refractivity contribution in [2.75, 3.05) is 50.8 Å². The molecule has 17 heteroatoms. The second kappa shape index (κ2) is 18.5. The molecule has 71 heavy (non-hydrogen) atoms. The number of aryl methyl sites for hydroxylation is 2. The molecular weight excluding hydrogens is 909 g/mol. The van der Waals surface area contributed by atoms with Crippen LogP contribution in [0.25, 0.3) is 44.0 Å². The SMILES string of the molecule is CCc1c(F)ccc2cc(O)cc(-c3ncc4c(N5CCC[C@@](C)(O)C5)nc(OC[C@]56CCCN5[C@H](CCCN5CCC(c7ccc8c(c7)n(C)c(=O)n8C7CCC(=O)NC7=O)CC5)CC6)nc4c3F)c12. The second-order valence-corrected chi connectivity index (χ2v) is 21.2. The van der Waals surface area contributed by atoms with Gasteiger partial charge in [-0.2, -0.15) is 9.97 Å². The minimum Gasteiger partial charge on any atom is -0.508 e. The predicted molar refractivity (Wildman–Crippen MR) is 267 cm³/mol. The molecule has 0 saturated carbocycles. The lowest BCUT2D eigenvalue weighted by molar-refractivity contribution is -0.135. The summed E-state index contributed by atoms with van der Waals surface area (Å²) in [5, 5.41) is 25.7. The number of carbonyl (C=O) groups is 2. The van der Waals surface area contributed by atoms with Gasteiger partial charge in [-0.15, -0.1) is 0 Å². The summed E-state index contributed by atoms with van der Waals surface area (Å²) in [4.78, 5) is 59.3. The van der Waals surface area contributed by atoms with E-state index in [1.54, 1.807) is 30.7 Å². The number of ether oxygens (including phenoxy) is 1. The molecular formula is C54H63F2N9O6. The Bertz CT molecular complexity index is 3150. The highest BCUT2D eigenvalue weighted by Gasteiger charge is 2.49. The number of likely N-dealkylation sites (tertiary alicyclic amines) is 1. The first kappa shape index (κ1) is 47.3. The van der Waals surface area contributed by atoms with Crippen LogP contribution in [-0.4, -0.2) is 119 Å². The molecule has 1 unspecified atom stereocenters. The van der Waals surface area contributed by atoms with E-state index in [9.17, 15) is 24.6 Å². The van der Waals surface area contributed by atoms with Gasteiger partial charge in [0.1, 0.15) is 41.2 Å². The van der Waals surface area contributed by atoms with Crippen molar-refractivity contribution in [3.63, 3.8) is 0 Å². The van der Waals surface area contributed by atoms with E-state index >= 15 is 8.78 Å². The smallest absolute Gasteiger partial charge is 0.329 e. The first-order chi connectivity index (χ1) is 34.2. The van der Waals surface area contributed by atoms with Gasteiger partial charge < -0.3 is 24.7 Å². The quantitative estimate of drug-likeness (QED) is 0.104. The normalized spacial score (nSPS) is 24.7. The molecule has 11 rings (SSSR count). The number of aromatic hydroxyl groups is 1. The molecule has 5 fully saturated rings. The number of piperidine rings is 3. The molecule has 5 aliphatic rings. The summed E-state index contributed by atoms with van der Waals surface area (Å²) in [6.07, 6.45) is 12.0. The number of amides is 2. The van der Waals surface area contributed by atoms with Crippen LogP contribution >= 0.6 is 0 Å². The van der Waals surface area contributed by atoms with Gasteiger partial charge in [0.2, 0.25) is 11.8 Å². The summed E-state index contributed by atoms with van der Waals surface area (Å²) < 4.78 is 42.2. The molecule has 3 aromatic heterocycles. The van der Waals surface area contributed by atoms with Gasteiger partial charge in [-0.1, -0.05) is 19.1 Å². The molecule has 3 N–H and O–H groups in total. The maximum Gasteiger partial charge on any atom is 0.329 e. The van der Waals surface area contributed by atoms with Crippen LogP contribution in [0.2, 0.25) is 0 Å². The van der Waals surface area contributed by atoms with Crippen molar-refractivity contribution in [1.82, 2.24) is 39.2 Å². The van der Waals surface area contributed by atoms with Crippen LogP contribution < -0.4 is 20.6 Å². The molecule has 0 radical (unpaired) electrons. The molecule has 0 bridgehead atoms. The number of nitrogens with one attached hydrogen (secondary N) is 1. The lowest BCUT2D eigenvalue weighted by Gasteiger charge is -2.38. The van der Waals surface area contributed by atoms with Crippen LogP contribution in [0, 0.1) is 11.6 Å². The van der Waals surface area contributed by atoms with Gasteiger partial charge in [0.05, 0.1) is 27.6 Å². The Labute approximate surface area is 410 Å². The highest BCUT2D eigenvalue weighted by atomic mass is 19.1. The Hall–Kier alpha value is -6.04. The highest BCUT2D eigenvalue weighted by molar-refractivity contribution is 6.02. The molecule has 0 spiro atoms. The van der Waals surface area contributed by atoms with Crippen molar-refractivity contribution >= 4 is 50.3 Å². The maximum atomic E-state index is 17.2. The standard InChI is InChI=1S/C54H63F2N9O6/c1-4-37-40(55)11-9-34-26-36(66)28-38(45(34)37)47-46(56)48-39(29-57-47)49(63-22-6-18-53(2,70)30-63)60-51(59-48)71-31-54-19-7-23-64(54)35(15-20-54)8-5-21-62-24-16-32(17-25-62)33-10-12-41-43(27-33)61(3)52(69)65(41)42-13-14-44(67)58-50(42)68/h9-12,26-29,32,35,42,66,70H,4-8,13-25,30-31H2,1-3H3,(H,58,67,68)/t35-,42?,53-,54-/m1/s1. The number of phenols is 1. The zero-order valence-corrected chi connectivity index (χ0v) is 40.9. The monoisotopic (exact) mass is 971 g/mol. The van der Waals surface area contributed by atoms with Crippen LogP contribution in [0.3, 0.4) is 0 Å². The number of imide groups is 1. The third-order valence-electron chi connectivity index (χ3n) is 16.6. The van der Waals surface area contributed by atoms with Gasteiger partial charge in [-0.3, -0.25) is 33.9 Å². The van der Waals surface area contributed by atoms with Crippen molar-refractivity contribution in [3.05, 3.63) is 81.9 Å². The number of imidazole rings is 1. The molecule has 8 heterocycles. The van der Waals surface area contributed by atoms with E-state index in [0.717, 1.165) is 83.1 Å². The van der Waals surface area contributed by atoms with Crippen LogP contribution in [0.15, 0.2) is 53.5 Å². The number of anilines is 1. The summed E-state index contributed by atoms with van der Waals surface area (Å²) in [6, 6.07) is 11.8. The Morgan fingerprint density at radius 1 is 0.930 bits per heavy atom. The fourth-order valence-corrected chi connectivity index (χ4v) is 13.0. The van der Waals surface area contributed by atoms with E-state index < -0.39 is 29.2 Å². The zero-order valence-electron chi connectivity index (χ0n) is 40.9. The van der Waals surface area contributed by atoms with Crippen LogP contribution in [0.1, 0.15) is 114 Å². The number of pyridine rings is 1. The third kappa shape index (κ3) is 8.60. The van der Waals surface area contributed by atoms with Gasteiger partial charge >= 0.3 is 11.7 Å². The fourth-order valence-electron chi connectivity index (χ4n) is 13.0. The summed E-state index contributed by atoms with van der Waals surface area (Å²) >= 11 is 0. The Balaban J connectivity index is 0.768. The van der Waals surface area contributed by atoms with E-state index in [0.29, 0.717) is 90.4 Å². The molecule has 2 amide bonds. The first-order valence-electron chi connectivity index (χ1n) is 25.7. The minimum atomic E-state index is -0.974. The van der Waals surface area contributed by atoms with Crippen molar-refractivity contribution in [2.45, 2.75) is 126 Å². The van der Waals surface area contributed by atoms with E-state index in [1.165, 1.54) is 28.5 Å². The number of aromatic nitrogens is 5. The van der Waals surface area contributed by atoms with Crippen LogP contribution in [0.5, 0.6) is 11.8 Å². The first-order valence-corrected chi connectivity index (χ1v) is 25.7. The lowest BCUT2D eigenvalue weighted by Crippen LogP contribution is -2.47. The number of hydrogen-bond acceptors (Lipinski definition) is 12. The molecule has 0 aliphatic carbocycles. The number of β-amino-alcohol motifs (C(OH)–C–C–N with tert-alkyl or cyclic N) is 1. The van der Waals surface area contributed by atoms with Gasteiger partial charge in [-0.05, 0) is 168 Å². The number of aliphatic hydroxyl groups is 1. The lowest BCUT2D eigenvalue weighted by atomic mass is 9.89. The number of benzene rings is 3. The van der Waals surface area contributed by atoms with Crippen molar-refractivity contribution in [2.24, 2.45) is 7.05 Å².